The second-order valence-electron chi connectivity index (χ2n) is 3.88. The molecule has 0 spiro atoms. The molecule has 0 aliphatic heterocycles. The molecule has 6 nitrogen and oxygen atoms in total. The number of nitrogens with zero attached hydrogens (tertiary/aromatic N) is 1. The number of aliphatic hydroxyl groups is 1. The first-order valence-corrected chi connectivity index (χ1v) is 5.38. The van der Waals surface area contributed by atoms with Gasteiger partial charge in [-0.15, -0.1) is 0 Å². The summed E-state index contributed by atoms with van der Waals surface area (Å²) in [6.45, 7) is 1.88. The Morgan fingerprint density at radius 1 is 1.53 bits per heavy atom. The lowest BCUT2D eigenvalue weighted by molar-refractivity contribution is -0.385. The van der Waals surface area contributed by atoms with E-state index in [4.69, 9.17) is 5.73 Å². The van der Waals surface area contributed by atoms with E-state index in [1.807, 2.05) is 6.92 Å². The highest BCUT2D eigenvalue weighted by Gasteiger charge is 2.24. The summed E-state index contributed by atoms with van der Waals surface area (Å²) in [6.07, 6.45) is 0.315. The van der Waals surface area contributed by atoms with Gasteiger partial charge in [-0.2, -0.15) is 0 Å². The van der Waals surface area contributed by atoms with Gasteiger partial charge in [0, 0.05) is 6.07 Å². The highest BCUT2D eigenvalue weighted by atomic mass is 16.6. The van der Waals surface area contributed by atoms with Gasteiger partial charge in [-0.1, -0.05) is 13.3 Å². The van der Waals surface area contributed by atoms with Crippen molar-refractivity contribution in [2.24, 2.45) is 5.73 Å². The molecule has 0 fully saturated rings. The highest BCUT2D eigenvalue weighted by molar-refractivity contribution is 5.46. The Balaban J connectivity index is 3.10. The van der Waals surface area contributed by atoms with Crippen LogP contribution in [0, 0.1) is 10.1 Å². The summed E-state index contributed by atoms with van der Waals surface area (Å²) in [5.41, 5.74) is 5.73. The first-order valence-electron chi connectivity index (χ1n) is 5.38. The maximum atomic E-state index is 10.8. The molecule has 0 saturated heterocycles. The van der Waals surface area contributed by atoms with E-state index in [9.17, 15) is 20.3 Å². The van der Waals surface area contributed by atoms with Crippen LogP contribution in [0.5, 0.6) is 5.75 Å². The average molecular weight is 240 g/mol. The lowest BCUT2D eigenvalue weighted by Crippen LogP contribution is -2.26. The number of nitro groups is 1. The minimum Gasteiger partial charge on any atom is -0.508 e. The second-order valence-corrected chi connectivity index (χ2v) is 3.88. The summed E-state index contributed by atoms with van der Waals surface area (Å²) in [5, 5.41) is 29.9. The number of nitrogens with two attached hydrogens (primary N) is 1. The molecule has 0 aromatic heterocycles. The number of benzene rings is 1. The summed E-state index contributed by atoms with van der Waals surface area (Å²) < 4.78 is 0. The Kier molecular flexibility index (Phi) is 4.42. The van der Waals surface area contributed by atoms with Crippen molar-refractivity contribution in [1.29, 1.82) is 0 Å². The fourth-order valence-corrected chi connectivity index (χ4v) is 1.66. The van der Waals surface area contributed by atoms with Crippen LogP contribution in [-0.4, -0.2) is 21.2 Å². The van der Waals surface area contributed by atoms with E-state index in [0.29, 0.717) is 6.42 Å². The molecule has 0 bridgehead atoms. The van der Waals surface area contributed by atoms with Gasteiger partial charge in [-0.3, -0.25) is 10.1 Å². The maximum absolute atomic E-state index is 10.8. The molecular weight excluding hydrogens is 224 g/mol. The van der Waals surface area contributed by atoms with E-state index in [-0.39, 0.29) is 17.0 Å². The van der Waals surface area contributed by atoms with E-state index < -0.39 is 17.1 Å². The minimum absolute atomic E-state index is 0.107. The smallest absolute Gasteiger partial charge is 0.274 e. The monoisotopic (exact) mass is 240 g/mol. The van der Waals surface area contributed by atoms with Crippen LogP contribution in [0.1, 0.15) is 31.4 Å². The summed E-state index contributed by atoms with van der Waals surface area (Å²) in [6, 6.07) is 2.76. The lowest BCUT2D eigenvalue weighted by Gasteiger charge is -2.18. The second kappa shape index (κ2) is 5.60. The zero-order valence-corrected chi connectivity index (χ0v) is 9.54. The first kappa shape index (κ1) is 13.4. The van der Waals surface area contributed by atoms with Crippen LogP contribution >= 0.6 is 0 Å². The number of aromatic hydroxyl groups is 1. The van der Waals surface area contributed by atoms with Crippen LogP contribution in [0.2, 0.25) is 0 Å². The van der Waals surface area contributed by atoms with Crippen LogP contribution in [-0.2, 0) is 0 Å². The van der Waals surface area contributed by atoms with Crippen LogP contribution in [0.15, 0.2) is 18.2 Å². The highest BCUT2D eigenvalue weighted by Crippen LogP contribution is 2.30. The zero-order chi connectivity index (χ0) is 13.0. The minimum atomic E-state index is -0.873. The van der Waals surface area contributed by atoms with Gasteiger partial charge in [0.1, 0.15) is 5.75 Å². The number of rotatable bonds is 5. The molecule has 94 valence electrons. The molecule has 17 heavy (non-hydrogen) atoms. The van der Waals surface area contributed by atoms with Crippen molar-refractivity contribution in [3.63, 3.8) is 0 Å². The van der Waals surface area contributed by atoms with E-state index in [1.54, 1.807) is 0 Å². The van der Waals surface area contributed by atoms with Gasteiger partial charge < -0.3 is 15.9 Å². The molecule has 0 heterocycles. The van der Waals surface area contributed by atoms with Gasteiger partial charge in [0.2, 0.25) is 0 Å². The third kappa shape index (κ3) is 3.15. The van der Waals surface area contributed by atoms with Crippen molar-refractivity contribution >= 4 is 5.69 Å². The Labute approximate surface area is 98.8 Å². The van der Waals surface area contributed by atoms with Crippen molar-refractivity contribution in [1.82, 2.24) is 0 Å². The molecule has 0 aliphatic rings. The molecule has 4 N–H and O–H groups in total. The Bertz CT molecular complexity index is 408. The Morgan fingerprint density at radius 2 is 2.18 bits per heavy atom. The summed E-state index contributed by atoms with van der Waals surface area (Å²) in [4.78, 5) is 10.2. The summed E-state index contributed by atoms with van der Waals surface area (Å²) in [5.74, 6) is -0.107. The Hall–Kier alpha value is -1.66. The van der Waals surface area contributed by atoms with Crippen LogP contribution < -0.4 is 5.73 Å². The van der Waals surface area contributed by atoms with Gasteiger partial charge in [-0.25, -0.2) is 0 Å². The first-order chi connectivity index (χ1) is 7.97. The van der Waals surface area contributed by atoms with Crippen molar-refractivity contribution in [2.45, 2.75) is 31.9 Å². The largest absolute Gasteiger partial charge is 0.508 e. The van der Waals surface area contributed by atoms with Crippen LogP contribution in [0.4, 0.5) is 5.69 Å². The van der Waals surface area contributed by atoms with Crippen LogP contribution in [0.25, 0.3) is 0 Å². The topological polar surface area (TPSA) is 110 Å². The van der Waals surface area contributed by atoms with Crippen molar-refractivity contribution in [3.8, 4) is 5.75 Å². The quantitative estimate of drug-likeness (QED) is 0.533. The number of hydrogen-bond donors (Lipinski definition) is 3. The molecule has 0 saturated carbocycles. The lowest BCUT2D eigenvalue weighted by atomic mass is 9.97. The normalized spacial score (nSPS) is 14.3. The molecule has 1 aromatic rings. The molecule has 1 rings (SSSR count). The molecule has 0 aliphatic carbocycles. The molecule has 0 radical (unpaired) electrons. The number of phenols is 1. The van der Waals surface area contributed by atoms with Crippen molar-refractivity contribution in [3.05, 3.63) is 33.9 Å². The predicted molar refractivity (Wildman–Crippen MR) is 62.6 cm³/mol. The number of hydrogen-bond acceptors (Lipinski definition) is 5. The molecule has 1 aromatic carbocycles. The number of phenolic OH excluding ortho intramolecular Hbond substituents is 1. The van der Waals surface area contributed by atoms with E-state index in [1.165, 1.54) is 18.2 Å². The number of aliphatic hydroxyl groups excluding tert-OH is 1. The Morgan fingerprint density at radius 3 is 2.71 bits per heavy atom. The molecular formula is C11H16N2O4. The van der Waals surface area contributed by atoms with Gasteiger partial charge in [0.15, 0.2) is 0 Å². The van der Waals surface area contributed by atoms with Gasteiger partial charge >= 0.3 is 0 Å². The molecule has 2 atom stereocenters. The zero-order valence-electron chi connectivity index (χ0n) is 9.54. The third-order valence-corrected chi connectivity index (χ3v) is 2.57. The van der Waals surface area contributed by atoms with Gasteiger partial charge in [0.05, 0.1) is 22.6 Å². The van der Waals surface area contributed by atoms with E-state index in [2.05, 4.69) is 0 Å². The standard InChI is InChI=1S/C11H16N2O4/c1-2-3-10(15)11(12)8-6-7(14)4-5-9(8)13(16)17/h4-6,10-11,14-15H,2-3,12H2,1H3/t10-,11+/m0/s1. The van der Waals surface area contributed by atoms with Gasteiger partial charge in [-0.05, 0) is 18.6 Å². The van der Waals surface area contributed by atoms with Crippen molar-refractivity contribution in [2.75, 3.05) is 0 Å². The fourth-order valence-electron chi connectivity index (χ4n) is 1.66. The molecule has 0 unspecified atom stereocenters. The SMILES string of the molecule is CCC[C@H](O)[C@H](N)c1cc(O)ccc1[N+](=O)[O-]. The maximum Gasteiger partial charge on any atom is 0.274 e. The van der Waals surface area contributed by atoms with Crippen LogP contribution in [0.3, 0.4) is 0 Å². The fraction of sp³-hybridized carbons (Fsp3) is 0.455. The predicted octanol–water partition coefficient (Wildman–Crippen LogP) is 1.46. The molecule has 6 heteroatoms. The number of nitro benzene ring substituents is 1. The summed E-state index contributed by atoms with van der Waals surface area (Å²) >= 11 is 0. The van der Waals surface area contributed by atoms with E-state index >= 15 is 0 Å². The van der Waals surface area contributed by atoms with Gasteiger partial charge in [0.25, 0.3) is 5.69 Å². The van der Waals surface area contributed by atoms with Crippen molar-refractivity contribution < 1.29 is 15.1 Å². The molecule has 0 amide bonds. The summed E-state index contributed by atoms with van der Waals surface area (Å²) in [7, 11) is 0. The third-order valence-electron chi connectivity index (χ3n) is 2.57. The average Bonchev–Trinajstić information content (AvgIpc) is 2.27. The van der Waals surface area contributed by atoms with E-state index in [0.717, 1.165) is 6.42 Å².